The highest BCUT2D eigenvalue weighted by Gasteiger charge is 2.24. The number of hydrogen-bond acceptors (Lipinski definition) is 3. The number of rotatable bonds is 8. The zero-order valence-electron chi connectivity index (χ0n) is 10.4. The van der Waals surface area contributed by atoms with E-state index in [4.69, 9.17) is 4.74 Å². The van der Waals surface area contributed by atoms with Gasteiger partial charge in [0.25, 0.3) is 0 Å². The number of nitrogens with one attached hydrogen (secondary N) is 1. The molecule has 1 aliphatic rings. The van der Waals surface area contributed by atoms with E-state index in [0.29, 0.717) is 12.6 Å². The van der Waals surface area contributed by atoms with Crippen LogP contribution < -0.4 is 5.32 Å². The van der Waals surface area contributed by atoms with Gasteiger partial charge < -0.3 is 10.1 Å². The van der Waals surface area contributed by atoms with E-state index in [-0.39, 0.29) is 5.97 Å². The standard InChI is InChI=1S/C13H23NO2/c1-3-12(10-11-7-8-11)14-9-5-6-13(15)16-4-2/h5-6,11-12,14H,3-4,7-10H2,1-2H3/b6-5+. The maximum absolute atomic E-state index is 11.0. The number of hydrogen-bond donors (Lipinski definition) is 1. The number of carbonyl (C=O) groups is 1. The Morgan fingerprint density at radius 2 is 2.25 bits per heavy atom. The van der Waals surface area contributed by atoms with Crippen LogP contribution in [0.2, 0.25) is 0 Å². The van der Waals surface area contributed by atoms with Crippen LogP contribution in [0.25, 0.3) is 0 Å². The van der Waals surface area contributed by atoms with Crippen molar-refractivity contribution < 1.29 is 9.53 Å². The summed E-state index contributed by atoms with van der Waals surface area (Å²) >= 11 is 0. The van der Waals surface area contributed by atoms with Gasteiger partial charge in [-0.3, -0.25) is 0 Å². The minimum atomic E-state index is -0.250. The lowest BCUT2D eigenvalue weighted by Gasteiger charge is -2.14. The molecule has 16 heavy (non-hydrogen) atoms. The summed E-state index contributed by atoms with van der Waals surface area (Å²) < 4.78 is 4.80. The zero-order valence-corrected chi connectivity index (χ0v) is 10.4. The van der Waals surface area contributed by atoms with Gasteiger partial charge in [-0.2, -0.15) is 0 Å². The molecule has 1 rings (SSSR count). The molecule has 1 aliphatic carbocycles. The van der Waals surface area contributed by atoms with Gasteiger partial charge in [0.05, 0.1) is 6.61 Å². The molecule has 0 aromatic carbocycles. The summed E-state index contributed by atoms with van der Waals surface area (Å²) in [5, 5.41) is 3.44. The van der Waals surface area contributed by atoms with Crippen LogP contribution >= 0.6 is 0 Å². The predicted octanol–water partition coefficient (Wildman–Crippen LogP) is 2.27. The molecule has 1 atom stereocenters. The fourth-order valence-electron chi connectivity index (χ4n) is 1.73. The predicted molar refractivity (Wildman–Crippen MR) is 65.2 cm³/mol. The normalized spacial score (nSPS) is 17.6. The molecule has 0 aromatic heterocycles. The minimum Gasteiger partial charge on any atom is -0.463 e. The summed E-state index contributed by atoms with van der Waals surface area (Å²) in [6.45, 7) is 5.21. The van der Waals surface area contributed by atoms with Crippen molar-refractivity contribution in [3.63, 3.8) is 0 Å². The Bertz CT molecular complexity index is 234. The largest absolute Gasteiger partial charge is 0.463 e. The van der Waals surface area contributed by atoms with Gasteiger partial charge in [0.1, 0.15) is 0 Å². The molecule has 1 unspecified atom stereocenters. The van der Waals surface area contributed by atoms with Gasteiger partial charge in [0.2, 0.25) is 0 Å². The SMILES string of the molecule is CCOC(=O)/C=C/CNC(CC)CC1CC1. The van der Waals surface area contributed by atoms with E-state index in [2.05, 4.69) is 12.2 Å². The van der Waals surface area contributed by atoms with Crippen molar-refractivity contribution in [3.05, 3.63) is 12.2 Å². The number of carbonyl (C=O) groups excluding carboxylic acids is 1. The third kappa shape index (κ3) is 5.91. The smallest absolute Gasteiger partial charge is 0.330 e. The summed E-state index contributed by atoms with van der Waals surface area (Å²) in [4.78, 5) is 11.0. The first kappa shape index (κ1) is 13.2. The van der Waals surface area contributed by atoms with Crippen LogP contribution in [0.4, 0.5) is 0 Å². The molecule has 0 bridgehead atoms. The van der Waals surface area contributed by atoms with Crippen molar-refractivity contribution >= 4 is 5.97 Å². The van der Waals surface area contributed by atoms with Crippen molar-refractivity contribution in [3.8, 4) is 0 Å². The second-order valence-corrected chi connectivity index (χ2v) is 4.35. The highest BCUT2D eigenvalue weighted by Crippen LogP contribution is 2.33. The van der Waals surface area contributed by atoms with E-state index in [1.165, 1.54) is 25.3 Å². The summed E-state index contributed by atoms with van der Waals surface area (Å²) in [5.41, 5.74) is 0. The molecule has 92 valence electrons. The van der Waals surface area contributed by atoms with Gasteiger partial charge in [-0.1, -0.05) is 25.8 Å². The van der Waals surface area contributed by atoms with E-state index >= 15 is 0 Å². The van der Waals surface area contributed by atoms with Crippen molar-refractivity contribution in [1.29, 1.82) is 0 Å². The van der Waals surface area contributed by atoms with Gasteiger partial charge in [0, 0.05) is 18.7 Å². The van der Waals surface area contributed by atoms with Crippen molar-refractivity contribution in [2.24, 2.45) is 5.92 Å². The highest BCUT2D eigenvalue weighted by atomic mass is 16.5. The van der Waals surface area contributed by atoms with Crippen molar-refractivity contribution in [2.75, 3.05) is 13.2 Å². The van der Waals surface area contributed by atoms with Crippen LogP contribution in [-0.2, 0) is 9.53 Å². The maximum atomic E-state index is 11.0. The van der Waals surface area contributed by atoms with E-state index in [1.807, 2.05) is 13.0 Å². The molecular formula is C13H23NO2. The molecule has 0 radical (unpaired) electrons. The first-order chi connectivity index (χ1) is 7.76. The summed E-state index contributed by atoms with van der Waals surface area (Å²) in [7, 11) is 0. The van der Waals surface area contributed by atoms with Gasteiger partial charge in [0.15, 0.2) is 0 Å². The summed E-state index contributed by atoms with van der Waals surface area (Å²) in [5.74, 6) is 0.700. The second-order valence-electron chi connectivity index (χ2n) is 4.35. The molecule has 1 saturated carbocycles. The first-order valence-corrected chi connectivity index (χ1v) is 6.32. The van der Waals surface area contributed by atoms with Crippen LogP contribution in [0.15, 0.2) is 12.2 Å². The Morgan fingerprint density at radius 1 is 1.50 bits per heavy atom. The Balaban J connectivity index is 2.09. The quantitative estimate of drug-likeness (QED) is 0.509. The van der Waals surface area contributed by atoms with Crippen LogP contribution in [0.3, 0.4) is 0 Å². The molecular weight excluding hydrogens is 202 g/mol. The third-order valence-corrected chi connectivity index (χ3v) is 2.87. The van der Waals surface area contributed by atoms with E-state index < -0.39 is 0 Å². The maximum Gasteiger partial charge on any atom is 0.330 e. The Kier molecular flexibility index (Phi) is 6.16. The Hall–Kier alpha value is -0.830. The molecule has 1 fully saturated rings. The second kappa shape index (κ2) is 7.44. The summed E-state index contributed by atoms with van der Waals surface area (Å²) in [6.07, 6.45) is 8.58. The molecule has 0 aromatic rings. The molecule has 0 saturated heterocycles. The fraction of sp³-hybridized carbons (Fsp3) is 0.769. The van der Waals surface area contributed by atoms with E-state index in [1.54, 1.807) is 0 Å². The minimum absolute atomic E-state index is 0.250. The summed E-state index contributed by atoms with van der Waals surface area (Å²) in [6, 6.07) is 0.597. The van der Waals surface area contributed by atoms with Gasteiger partial charge >= 0.3 is 5.97 Å². The number of ether oxygens (including phenoxy) is 1. The first-order valence-electron chi connectivity index (χ1n) is 6.32. The molecule has 0 aliphatic heterocycles. The molecule has 0 spiro atoms. The highest BCUT2D eigenvalue weighted by molar-refractivity contribution is 5.81. The lowest BCUT2D eigenvalue weighted by molar-refractivity contribution is -0.137. The van der Waals surface area contributed by atoms with E-state index in [9.17, 15) is 4.79 Å². The van der Waals surface area contributed by atoms with Crippen molar-refractivity contribution in [2.45, 2.75) is 45.6 Å². The monoisotopic (exact) mass is 225 g/mol. The molecule has 0 heterocycles. The average Bonchev–Trinajstić information content (AvgIpc) is 3.07. The Labute approximate surface area is 98.2 Å². The zero-order chi connectivity index (χ0) is 11.8. The number of esters is 1. The van der Waals surface area contributed by atoms with Gasteiger partial charge in [-0.05, 0) is 25.7 Å². The topological polar surface area (TPSA) is 38.3 Å². The average molecular weight is 225 g/mol. The van der Waals surface area contributed by atoms with Crippen LogP contribution in [0.1, 0.15) is 39.5 Å². The molecule has 0 amide bonds. The molecule has 1 N–H and O–H groups in total. The molecule has 3 heteroatoms. The van der Waals surface area contributed by atoms with Crippen LogP contribution in [0, 0.1) is 5.92 Å². The van der Waals surface area contributed by atoms with Gasteiger partial charge in [-0.15, -0.1) is 0 Å². The lowest BCUT2D eigenvalue weighted by Crippen LogP contribution is -2.29. The molecule has 3 nitrogen and oxygen atoms in total. The fourth-order valence-corrected chi connectivity index (χ4v) is 1.73. The lowest BCUT2D eigenvalue weighted by atomic mass is 10.1. The van der Waals surface area contributed by atoms with Crippen molar-refractivity contribution in [1.82, 2.24) is 5.32 Å². The Morgan fingerprint density at radius 3 is 2.81 bits per heavy atom. The van der Waals surface area contributed by atoms with E-state index in [0.717, 1.165) is 18.9 Å². The third-order valence-electron chi connectivity index (χ3n) is 2.87. The van der Waals surface area contributed by atoms with Crippen LogP contribution in [0.5, 0.6) is 0 Å². The van der Waals surface area contributed by atoms with Crippen LogP contribution in [-0.4, -0.2) is 25.2 Å². The van der Waals surface area contributed by atoms with Gasteiger partial charge in [-0.25, -0.2) is 4.79 Å².